The van der Waals surface area contributed by atoms with Crippen LogP contribution in [0.5, 0.6) is 5.75 Å². The van der Waals surface area contributed by atoms with Crippen molar-refractivity contribution < 1.29 is 24.2 Å². The van der Waals surface area contributed by atoms with Gasteiger partial charge in [-0.25, -0.2) is 0 Å². The number of nitrogens with two attached hydrogens (primary N) is 1. The van der Waals surface area contributed by atoms with Gasteiger partial charge in [0, 0.05) is 29.9 Å². The van der Waals surface area contributed by atoms with Crippen LogP contribution < -0.4 is 21.1 Å². The molecule has 1 unspecified atom stereocenters. The number of hydrogen-bond donors (Lipinski definition) is 5. The number of carboxylic acid groups (broad SMARTS) is 1. The summed E-state index contributed by atoms with van der Waals surface area (Å²) in [4.78, 5) is 38.0. The molecule has 0 spiro atoms. The highest BCUT2D eigenvalue weighted by atomic mass is 16.5. The highest BCUT2D eigenvalue weighted by Crippen LogP contribution is 2.34. The van der Waals surface area contributed by atoms with Crippen LogP contribution in [0, 0.1) is 5.41 Å². The van der Waals surface area contributed by atoms with E-state index in [-0.39, 0.29) is 30.9 Å². The van der Waals surface area contributed by atoms with E-state index >= 15 is 0 Å². The summed E-state index contributed by atoms with van der Waals surface area (Å²) in [6.07, 6.45) is 1.10. The lowest BCUT2D eigenvalue weighted by Gasteiger charge is -2.31. The van der Waals surface area contributed by atoms with Crippen molar-refractivity contribution in [2.75, 3.05) is 25.0 Å². The summed E-state index contributed by atoms with van der Waals surface area (Å²) in [5, 5.41) is 22.1. The van der Waals surface area contributed by atoms with Gasteiger partial charge >= 0.3 is 5.97 Å². The van der Waals surface area contributed by atoms with Crippen LogP contribution in [0.2, 0.25) is 0 Å². The van der Waals surface area contributed by atoms with E-state index in [1.807, 2.05) is 60.4 Å². The standard InChI is InChI=1S/C31H35N5O5/c1-20(34-28(37)18-29(38)35-24-10-7-22(8-11-24)31(32)33)23-9-12-27(26(17-23)21-5-3-2-4-6-21)41-25-13-15-36(16-14-25)19-30(39)40/h2-12,17,20,25H,13-16,18-19H2,1H3,(H3,32,33)(H,34,37)(H,35,38)(H,39,40). The van der Waals surface area contributed by atoms with Crippen LogP contribution in [0.1, 0.15) is 43.4 Å². The number of nitrogen functional groups attached to an aromatic ring is 1. The maximum absolute atomic E-state index is 12.7. The third-order valence-electron chi connectivity index (χ3n) is 6.95. The number of ether oxygens (including phenoxy) is 1. The first-order valence-corrected chi connectivity index (χ1v) is 13.5. The van der Waals surface area contributed by atoms with Gasteiger partial charge in [0.2, 0.25) is 11.8 Å². The van der Waals surface area contributed by atoms with Gasteiger partial charge in [-0.15, -0.1) is 0 Å². The van der Waals surface area contributed by atoms with Gasteiger partial charge < -0.3 is 26.2 Å². The van der Waals surface area contributed by atoms with Crippen molar-refractivity contribution >= 4 is 29.3 Å². The van der Waals surface area contributed by atoms with Crippen LogP contribution in [0.25, 0.3) is 11.1 Å². The lowest BCUT2D eigenvalue weighted by molar-refractivity contribution is -0.138. The van der Waals surface area contributed by atoms with Crippen LogP contribution in [-0.4, -0.2) is 59.4 Å². The summed E-state index contributed by atoms with van der Waals surface area (Å²) < 4.78 is 6.41. The Balaban J connectivity index is 1.39. The second kappa shape index (κ2) is 13.6. The zero-order chi connectivity index (χ0) is 29.4. The monoisotopic (exact) mass is 557 g/mol. The zero-order valence-electron chi connectivity index (χ0n) is 22.9. The van der Waals surface area contributed by atoms with Crippen LogP contribution in [0.3, 0.4) is 0 Å². The molecule has 6 N–H and O–H groups in total. The van der Waals surface area contributed by atoms with E-state index in [0.29, 0.717) is 24.3 Å². The smallest absolute Gasteiger partial charge is 0.317 e. The Morgan fingerprint density at radius 1 is 1.02 bits per heavy atom. The Bertz CT molecular complexity index is 1390. The third-order valence-corrected chi connectivity index (χ3v) is 6.95. The van der Waals surface area contributed by atoms with E-state index in [0.717, 1.165) is 35.3 Å². The molecule has 3 aromatic carbocycles. The van der Waals surface area contributed by atoms with Gasteiger partial charge in [-0.05, 0) is 67.3 Å². The Kier molecular flexibility index (Phi) is 9.70. The maximum atomic E-state index is 12.7. The molecule has 2 amide bonds. The van der Waals surface area contributed by atoms with Crippen LogP contribution in [0.4, 0.5) is 5.69 Å². The number of nitrogens with one attached hydrogen (secondary N) is 3. The fourth-order valence-corrected chi connectivity index (χ4v) is 4.78. The number of amides is 2. The number of carbonyl (C=O) groups is 3. The number of hydrogen-bond acceptors (Lipinski definition) is 6. The molecule has 10 heteroatoms. The topological polar surface area (TPSA) is 158 Å². The average Bonchev–Trinajstić information content (AvgIpc) is 2.94. The molecule has 0 radical (unpaired) electrons. The molecule has 3 aromatic rings. The minimum absolute atomic E-state index is 0.0253. The van der Waals surface area contributed by atoms with Gasteiger partial charge in [-0.1, -0.05) is 36.4 Å². The fraction of sp³-hybridized carbons (Fsp3) is 0.290. The first-order chi connectivity index (χ1) is 19.7. The summed E-state index contributed by atoms with van der Waals surface area (Å²) in [5.74, 6) is -1.03. The molecule has 214 valence electrons. The normalized spacial score (nSPS) is 14.6. The zero-order valence-corrected chi connectivity index (χ0v) is 22.9. The van der Waals surface area contributed by atoms with Crippen LogP contribution in [-0.2, 0) is 14.4 Å². The molecular weight excluding hydrogens is 522 g/mol. The Hall–Kier alpha value is -4.70. The van der Waals surface area contributed by atoms with E-state index in [9.17, 15) is 14.4 Å². The van der Waals surface area contributed by atoms with Crippen molar-refractivity contribution in [3.63, 3.8) is 0 Å². The van der Waals surface area contributed by atoms with E-state index in [1.165, 1.54) is 0 Å². The molecule has 10 nitrogen and oxygen atoms in total. The molecule has 0 bridgehead atoms. The Morgan fingerprint density at radius 3 is 2.34 bits per heavy atom. The lowest BCUT2D eigenvalue weighted by atomic mass is 9.98. The maximum Gasteiger partial charge on any atom is 0.317 e. The van der Waals surface area contributed by atoms with Gasteiger partial charge in [0.05, 0.1) is 12.6 Å². The molecule has 0 aromatic heterocycles. The number of anilines is 1. The van der Waals surface area contributed by atoms with Gasteiger partial charge in [0.25, 0.3) is 0 Å². The minimum Gasteiger partial charge on any atom is -0.490 e. The fourth-order valence-electron chi connectivity index (χ4n) is 4.78. The summed E-state index contributed by atoms with van der Waals surface area (Å²) in [7, 11) is 0. The molecule has 1 fully saturated rings. The summed E-state index contributed by atoms with van der Waals surface area (Å²) in [6.45, 7) is 3.22. The van der Waals surface area contributed by atoms with Crippen molar-refractivity contribution in [2.45, 2.75) is 38.3 Å². The molecule has 4 rings (SSSR count). The number of benzene rings is 3. The molecule has 0 saturated carbocycles. The average molecular weight is 558 g/mol. The van der Waals surface area contributed by atoms with E-state index < -0.39 is 17.8 Å². The van der Waals surface area contributed by atoms with Crippen molar-refractivity contribution in [1.82, 2.24) is 10.2 Å². The van der Waals surface area contributed by atoms with Crippen molar-refractivity contribution in [2.24, 2.45) is 5.73 Å². The predicted octanol–water partition coefficient (Wildman–Crippen LogP) is 3.77. The van der Waals surface area contributed by atoms with Crippen LogP contribution in [0.15, 0.2) is 72.8 Å². The van der Waals surface area contributed by atoms with E-state index in [2.05, 4.69) is 10.6 Å². The number of carbonyl (C=O) groups excluding carboxylic acids is 2. The molecular formula is C31H35N5O5. The number of likely N-dealkylation sites (tertiary alicyclic amines) is 1. The highest BCUT2D eigenvalue weighted by molar-refractivity contribution is 6.04. The van der Waals surface area contributed by atoms with Crippen molar-refractivity contribution in [1.29, 1.82) is 5.41 Å². The first kappa shape index (κ1) is 29.3. The summed E-state index contributed by atoms with van der Waals surface area (Å²) >= 11 is 0. The molecule has 1 aliphatic rings. The lowest BCUT2D eigenvalue weighted by Crippen LogP contribution is -2.40. The Labute approximate surface area is 239 Å². The predicted molar refractivity (Wildman–Crippen MR) is 157 cm³/mol. The van der Waals surface area contributed by atoms with Gasteiger partial charge in [-0.3, -0.25) is 24.7 Å². The molecule has 1 heterocycles. The summed E-state index contributed by atoms with van der Waals surface area (Å²) in [5.41, 5.74) is 9.24. The quantitative estimate of drug-likeness (QED) is 0.136. The molecule has 41 heavy (non-hydrogen) atoms. The van der Waals surface area contributed by atoms with Crippen molar-refractivity contribution in [3.05, 3.63) is 83.9 Å². The van der Waals surface area contributed by atoms with E-state index in [4.69, 9.17) is 21.0 Å². The summed E-state index contributed by atoms with van der Waals surface area (Å²) in [6, 6.07) is 21.8. The number of nitrogens with zero attached hydrogens (tertiary/aromatic N) is 1. The minimum atomic E-state index is -0.825. The second-order valence-corrected chi connectivity index (χ2v) is 10.1. The first-order valence-electron chi connectivity index (χ1n) is 13.5. The van der Waals surface area contributed by atoms with Gasteiger partial charge in [-0.2, -0.15) is 0 Å². The molecule has 1 saturated heterocycles. The number of piperidine rings is 1. The number of rotatable bonds is 11. The number of amidine groups is 1. The number of carboxylic acids is 1. The second-order valence-electron chi connectivity index (χ2n) is 10.1. The van der Waals surface area contributed by atoms with Gasteiger partial charge in [0.15, 0.2) is 0 Å². The highest BCUT2D eigenvalue weighted by Gasteiger charge is 2.23. The molecule has 1 atom stereocenters. The van der Waals surface area contributed by atoms with E-state index in [1.54, 1.807) is 24.3 Å². The molecule has 1 aliphatic heterocycles. The van der Waals surface area contributed by atoms with Gasteiger partial charge in [0.1, 0.15) is 24.1 Å². The van der Waals surface area contributed by atoms with Crippen LogP contribution >= 0.6 is 0 Å². The molecule has 0 aliphatic carbocycles. The Morgan fingerprint density at radius 2 is 1.71 bits per heavy atom. The largest absolute Gasteiger partial charge is 0.490 e. The van der Waals surface area contributed by atoms with Crippen molar-refractivity contribution in [3.8, 4) is 16.9 Å². The SMILES string of the molecule is CC(NC(=O)CC(=O)Nc1ccc(C(=N)N)cc1)c1ccc(OC2CCN(CC(=O)O)CC2)c(-c2ccccc2)c1. The third kappa shape index (κ3) is 8.39. The number of aliphatic carboxylic acids is 1.